The number of hydrogen-bond acceptors (Lipinski definition) is 4. The van der Waals surface area contributed by atoms with Crippen molar-refractivity contribution in [2.45, 2.75) is 32.7 Å². The third kappa shape index (κ3) is 8.12. The van der Waals surface area contributed by atoms with Gasteiger partial charge in [-0.3, -0.25) is 4.79 Å². The summed E-state index contributed by atoms with van der Waals surface area (Å²) >= 11 is 0. The molecule has 0 spiro atoms. The minimum atomic E-state index is -3.39. The van der Waals surface area contributed by atoms with Crippen LogP contribution in [0.5, 0.6) is 0 Å². The molecule has 0 fully saturated rings. The molecule has 0 saturated carbocycles. The first kappa shape index (κ1) is 16.3. The highest BCUT2D eigenvalue weighted by Gasteiger charge is 2.30. The van der Waals surface area contributed by atoms with Crippen LogP contribution in [-0.4, -0.2) is 45.8 Å². The van der Waals surface area contributed by atoms with Crippen LogP contribution in [0, 0.1) is 0 Å². The van der Waals surface area contributed by atoms with Crippen molar-refractivity contribution >= 4 is 15.9 Å². The minimum absolute atomic E-state index is 0.332. The Balaban J connectivity index is 4.04. The largest absolute Gasteiger partial charge is 0.353 e. The zero-order valence-electron chi connectivity index (χ0n) is 11.0. The average molecular weight is 265 g/mol. The lowest BCUT2D eigenvalue weighted by atomic mass is 10.1. The van der Waals surface area contributed by atoms with Crippen LogP contribution in [0.3, 0.4) is 0 Å². The van der Waals surface area contributed by atoms with Crippen molar-refractivity contribution in [3.05, 3.63) is 0 Å². The summed E-state index contributed by atoms with van der Waals surface area (Å²) in [5.74, 6) is -0.332. The van der Waals surface area contributed by atoms with Gasteiger partial charge in [0.15, 0.2) is 0 Å². The molecular weight excluding hydrogens is 242 g/mol. The lowest BCUT2D eigenvalue weighted by molar-refractivity contribution is -0.125. The van der Waals surface area contributed by atoms with Crippen molar-refractivity contribution in [1.29, 1.82) is 0 Å². The van der Waals surface area contributed by atoms with Gasteiger partial charge in [-0.2, -0.15) is 0 Å². The van der Waals surface area contributed by atoms with Crippen molar-refractivity contribution < 1.29 is 13.2 Å². The van der Waals surface area contributed by atoms with E-state index >= 15 is 0 Å². The zero-order chi connectivity index (χ0) is 13.5. The van der Waals surface area contributed by atoms with Gasteiger partial charge in [0.05, 0.1) is 6.26 Å². The Hall–Kier alpha value is -0.660. The smallest absolute Gasteiger partial charge is 0.240 e. The Kier molecular flexibility index (Phi) is 6.66. The van der Waals surface area contributed by atoms with E-state index in [2.05, 4.69) is 22.3 Å². The maximum absolute atomic E-state index is 11.7. The van der Waals surface area contributed by atoms with Crippen molar-refractivity contribution in [2.75, 3.05) is 25.9 Å². The van der Waals surface area contributed by atoms with Gasteiger partial charge in [0.2, 0.25) is 15.9 Å². The van der Waals surface area contributed by atoms with Gasteiger partial charge in [-0.15, -0.1) is 0 Å². The topological polar surface area (TPSA) is 87.3 Å². The van der Waals surface area contributed by atoms with E-state index in [9.17, 15) is 13.2 Å². The molecule has 0 aliphatic heterocycles. The van der Waals surface area contributed by atoms with Crippen LogP contribution in [0.15, 0.2) is 0 Å². The molecule has 0 radical (unpaired) electrons. The van der Waals surface area contributed by atoms with Crippen molar-refractivity contribution in [3.63, 3.8) is 0 Å². The summed E-state index contributed by atoms with van der Waals surface area (Å²) in [6.07, 6.45) is 2.07. The van der Waals surface area contributed by atoms with Gasteiger partial charge in [-0.1, -0.05) is 6.92 Å². The zero-order valence-corrected chi connectivity index (χ0v) is 11.8. The third-order valence-electron chi connectivity index (χ3n) is 2.02. The number of amides is 1. The highest BCUT2D eigenvalue weighted by atomic mass is 32.2. The van der Waals surface area contributed by atoms with Crippen molar-refractivity contribution in [3.8, 4) is 0 Å². The number of rotatable bonds is 8. The molecule has 0 saturated heterocycles. The normalized spacial score (nSPS) is 12.5. The van der Waals surface area contributed by atoms with Gasteiger partial charge in [0.25, 0.3) is 0 Å². The number of nitrogens with one attached hydrogen (secondary N) is 3. The van der Waals surface area contributed by atoms with E-state index in [4.69, 9.17) is 0 Å². The molecule has 6 nitrogen and oxygen atoms in total. The van der Waals surface area contributed by atoms with E-state index in [1.54, 1.807) is 0 Å². The summed E-state index contributed by atoms with van der Waals surface area (Å²) in [7, 11) is -3.39. The number of carbonyl (C=O) groups excluding carboxylic acids is 1. The quantitative estimate of drug-likeness (QED) is 0.513. The number of sulfonamides is 1. The fourth-order valence-corrected chi connectivity index (χ4v) is 2.32. The Morgan fingerprint density at radius 2 is 1.76 bits per heavy atom. The highest BCUT2D eigenvalue weighted by Crippen LogP contribution is 2.03. The molecule has 0 atom stereocenters. The maximum Gasteiger partial charge on any atom is 0.240 e. The van der Waals surface area contributed by atoms with Crippen LogP contribution in [0.4, 0.5) is 0 Å². The van der Waals surface area contributed by atoms with Crippen LogP contribution in [0.25, 0.3) is 0 Å². The summed E-state index contributed by atoms with van der Waals surface area (Å²) in [5.41, 5.74) is -1.13. The molecule has 0 rings (SSSR count). The molecular formula is C10H23N3O3S. The van der Waals surface area contributed by atoms with Crippen LogP contribution in [0.1, 0.15) is 27.2 Å². The summed E-state index contributed by atoms with van der Waals surface area (Å²) in [4.78, 5) is 11.7. The lowest BCUT2D eigenvalue weighted by Gasteiger charge is -2.23. The van der Waals surface area contributed by atoms with Gasteiger partial charge >= 0.3 is 0 Å². The molecule has 102 valence electrons. The molecule has 17 heavy (non-hydrogen) atoms. The standard InChI is InChI=1S/C10H23N3O3S/c1-5-6-11-7-8-12-9(14)10(2,3)13-17(4,15)16/h11,13H,5-8H2,1-4H3,(H,12,14). The first-order valence-corrected chi connectivity index (χ1v) is 7.56. The molecule has 0 unspecified atom stereocenters. The first-order chi connectivity index (χ1) is 7.69. The Morgan fingerprint density at radius 3 is 2.24 bits per heavy atom. The van der Waals surface area contributed by atoms with E-state index in [1.807, 2.05) is 0 Å². The Bertz CT molecular complexity index is 339. The molecule has 0 aromatic heterocycles. The summed E-state index contributed by atoms with van der Waals surface area (Å²) in [5, 5.41) is 5.81. The predicted molar refractivity (Wildman–Crippen MR) is 68.2 cm³/mol. The monoisotopic (exact) mass is 265 g/mol. The Morgan fingerprint density at radius 1 is 1.18 bits per heavy atom. The first-order valence-electron chi connectivity index (χ1n) is 5.67. The molecule has 3 N–H and O–H groups in total. The second kappa shape index (κ2) is 6.93. The molecule has 0 aromatic rings. The minimum Gasteiger partial charge on any atom is -0.353 e. The van der Waals surface area contributed by atoms with Crippen molar-refractivity contribution in [1.82, 2.24) is 15.4 Å². The van der Waals surface area contributed by atoms with E-state index < -0.39 is 15.6 Å². The third-order valence-corrected chi connectivity index (χ3v) is 2.90. The van der Waals surface area contributed by atoms with E-state index in [0.717, 1.165) is 19.2 Å². The lowest BCUT2D eigenvalue weighted by Crippen LogP contribution is -2.55. The van der Waals surface area contributed by atoms with Gasteiger partial charge in [0, 0.05) is 13.1 Å². The SMILES string of the molecule is CCCNCCNC(=O)C(C)(C)NS(C)(=O)=O. The summed E-state index contributed by atoms with van der Waals surface area (Å²) < 4.78 is 24.4. The summed E-state index contributed by atoms with van der Waals surface area (Å²) in [6.45, 7) is 7.18. The summed E-state index contributed by atoms with van der Waals surface area (Å²) in [6, 6.07) is 0. The molecule has 0 bridgehead atoms. The second-order valence-electron chi connectivity index (χ2n) is 4.51. The fourth-order valence-electron chi connectivity index (χ4n) is 1.30. The van der Waals surface area contributed by atoms with Gasteiger partial charge in [0.1, 0.15) is 5.54 Å². The van der Waals surface area contributed by atoms with Crippen LogP contribution >= 0.6 is 0 Å². The van der Waals surface area contributed by atoms with E-state index in [1.165, 1.54) is 13.8 Å². The Labute approximate surface area is 104 Å². The molecule has 0 aromatic carbocycles. The fraction of sp³-hybridized carbons (Fsp3) is 0.900. The van der Waals surface area contributed by atoms with Gasteiger partial charge < -0.3 is 10.6 Å². The van der Waals surface area contributed by atoms with Crippen LogP contribution < -0.4 is 15.4 Å². The van der Waals surface area contributed by atoms with E-state index in [0.29, 0.717) is 13.1 Å². The van der Waals surface area contributed by atoms with Crippen molar-refractivity contribution in [2.24, 2.45) is 0 Å². The van der Waals surface area contributed by atoms with Gasteiger partial charge in [-0.25, -0.2) is 13.1 Å². The van der Waals surface area contributed by atoms with E-state index in [-0.39, 0.29) is 5.91 Å². The number of carbonyl (C=O) groups is 1. The maximum atomic E-state index is 11.7. The van der Waals surface area contributed by atoms with Crippen LogP contribution in [-0.2, 0) is 14.8 Å². The van der Waals surface area contributed by atoms with Gasteiger partial charge in [-0.05, 0) is 26.8 Å². The average Bonchev–Trinajstić information content (AvgIpc) is 2.13. The second-order valence-corrected chi connectivity index (χ2v) is 6.25. The highest BCUT2D eigenvalue weighted by molar-refractivity contribution is 7.88. The predicted octanol–water partition coefficient (Wildman–Crippen LogP) is -0.570. The molecule has 1 amide bonds. The molecule has 0 heterocycles. The molecule has 0 aliphatic rings. The van der Waals surface area contributed by atoms with Crippen LogP contribution in [0.2, 0.25) is 0 Å². The molecule has 7 heteroatoms. The molecule has 0 aliphatic carbocycles. The number of hydrogen-bond donors (Lipinski definition) is 3.